The van der Waals surface area contributed by atoms with Crippen LogP contribution in [0.2, 0.25) is 0 Å². The fourth-order valence-electron chi connectivity index (χ4n) is 2.82. The molecule has 0 aliphatic rings. The smallest absolute Gasteiger partial charge is 0.266 e. The largest absolute Gasteiger partial charge is 0.316 e. The van der Waals surface area contributed by atoms with Crippen LogP contribution in [0.5, 0.6) is 0 Å². The Labute approximate surface area is 185 Å². The standard InChI is InChI=1S/C20H41NO3S.Na/c1-2-3-4-5-6-7-8-9-10-11-12-13-14-15-16-17-18-21-19-20-25(22,23)24;/h9-10,21H,2-8,11-20H2,1H3,(H,22,23,24);. The van der Waals surface area contributed by atoms with Gasteiger partial charge in [-0.05, 0) is 38.6 Å². The summed E-state index contributed by atoms with van der Waals surface area (Å²) in [5, 5.41) is 3.04. The molecule has 0 aliphatic carbocycles. The Kier molecular flexibility index (Phi) is 24.3. The number of nitrogens with one attached hydrogen (secondary N) is 1. The number of allylic oxidation sites excluding steroid dienone is 2. The maximum atomic E-state index is 10.5. The summed E-state index contributed by atoms with van der Waals surface area (Å²) in [5.74, 6) is -0.195. The normalized spacial score (nSPS) is 11.8. The molecule has 0 unspecified atom stereocenters. The minimum atomic E-state index is -3.82. The van der Waals surface area contributed by atoms with Gasteiger partial charge in [-0.3, -0.25) is 4.55 Å². The number of hydrogen-bond acceptors (Lipinski definition) is 3. The molecule has 0 aromatic heterocycles. The summed E-state index contributed by atoms with van der Waals surface area (Å²) in [6.07, 6.45) is 22.8. The van der Waals surface area contributed by atoms with Crippen LogP contribution in [0, 0.1) is 0 Å². The van der Waals surface area contributed by atoms with E-state index in [1.807, 2.05) is 0 Å². The molecule has 0 fully saturated rings. The Morgan fingerprint density at radius 3 is 1.69 bits per heavy atom. The molecule has 0 atom stereocenters. The van der Waals surface area contributed by atoms with Crippen LogP contribution in [0.1, 0.15) is 96.8 Å². The van der Waals surface area contributed by atoms with Crippen molar-refractivity contribution in [3.8, 4) is 0 Å². The molecule has 6 heteroatoms. The van der Waals surface area contributed by atoms with Gasteiger partial charge < -0.3 is 5.32 Å². The van der Waals surface area contributed by atoms with Crippen molar-refractivity contribution in [2.75, 3.05) is 18.8 Å². The van der Waals surface area contributed by atoms with Crippen molar-refractivity contribution >= 4 is 39.7 Å². The van der Waals surface area contributed by atoms with Crippen LogP contribution in [0.15, 0.2) is 12.2 Å². The quantitative estimate of drug-likeness (QED) is 0.137. The maximum absolute atomic E-state index is 10.5. The summed E-state index contributed by atoms with van der Waals surface area (Å²) < 4.78 is 29.6. The minimum Gasteiger partial charge on any atom is -0.316 e. The third kappa shape index (κ3) is 26.8. The Morgan fingerprint density at radius 1 is 0.731 bits per heavy atom. The van der Waals surface area contributed by atoms with E-state index in [0.717, 1.165) is 13.0 Å². The van der Waals surface area contributed by atoms with Gasteiger partial charge in [-0.25, -0.2) is 0 Å². The Morgan fingerprint density at radius 2 is 1.19 bits per heavy atom. The topological polar surface area (TPSA) is 66.4 Å². The molecule has 0 rings (SSSR count). The van der Waals surface area contributed by atoms with Gasteiger partial charge in [-0.2, -0.15) is 8.42 Å². The van der Waals surface area contributed by atoms with E-state index in [0.29, 0.717) is 6.54 Å². The number of unbranched alkanes of at least 4 members (excludes halogenated alkanes) is 12. The molecule has 0 saturated carbocycles. The van der Waals surface area contributed by atoms with Crippen LogP contribution in [0.4, 0.5) is 0 Å². The third-order valence-electron chi connectivity index (χ3n) is 4.40. The molecule has 0 aromatic carbocycles. The maximum Gasteiger partial charge on any atom is 0.266 e. The first-order valence-corrected chi connectivity index (χ1v) is 12.0. The average molecular weight is 399 g/mol. The predicted molar refractivity (Wildman–Crippen MR) is 114 cm³/mol. The van der Waals surface area contributed by atoms with Crippen molar-refractivity contribution in [1.82, 2.24) is 5.32 Å². The van der Waals surface area contributed by atoms with Gasteiger partial charge in [-0.15, -0.1) is 0 Å². The first kappa shape index (κ1) is 28.8. The molecular formula is C20H41NNaO3S. The van der Waals surface area contributed by atoms with Crippen molar-refractivity contribution in [3.63, 3.8) is 0 Å². The van der Waals surface area contributed by atoms with Gasteiger partial charge >= 0.3 is 0 Å². The van der Waals surface area contributed by atoms with Crippen molar-refractivity contribution in [3.05, 3.63) is 12.2 Å². The number of rotatable bonds is 19. The zero-order valence-electron chi connectivity index (χ0n) is 17.3. The summed E-state index contributed by atoms with van der Waals surface area (Å²) in [5.41, 5.74) is 0. The zero-order valence-corrected chi connectivity index (χ0v) is 20.2. The summed E-state index contributed by atoms with van der Waals surface area (Å²) in [6, 6.07) is 0. The molecule has 0 amide bonds. The van der Waals surface area contributed by atoms with E-state index in [1.54, 1.807) is 0 Å². The van der Waals surface area contributed by atoms with E-state index in [2.05, 4.69) is 24.4 Å². The summed E-state index contributed by atoms with van der Waals surface area (Å²) in [4.78, 5) is 0. The average Bonchev–Trinajstić information content (AvgIpc) is 2.56. The fraction of sp³-hybridized carbons (Fsp3) is 0.900. The first-order chi connectivity index (χ1) is 12.1. The van der Waals surface area contributed by atoms with Crippen molar-refractivity contribution < 1.29 is 13.0 Å². The van der Waals surface area contributed by atoms with Crippen molar-refractivity contribution in [2.24, 2.45) is 0 Å². The van der Waals surface area contributed by atoms with E-state index >= 15 is 0 Å². The van der Waals surface area contributed by atoms with Crippen LogP contribution >= 0.6 is 0 Å². The Hall–Kier alpha value is 0.610. The third-order valence-corrected chi connectivity index (χ3v) is 5.12. The molecule has 151 valence electrons. The van der Waals surface area contributed by atoms with E-state index in [4.69, 9.17) is 4.55 Å². The molecule has 0 bridgehead atoms. The molecule has 0 saturated heterocycles. The Bertz CT molecular complexity index is 400. The minimum absolute atomic E-state index is 0. The van der Waals surface area contributed by atoms with Gasteiger partial charge in [0, 0.05) is 36.1 Å². The van der Waals surface area contributed by atoms with Crippen molar-refractivity contribution in [2.45, 2.75) is 96.8 Å². The monoisotopic (exact) mass is 398 g/mol. The van der Waals surface area contributed by atoms with E-state index in [9.17, 15) is 8.42 Å². The van der Waals surface area contributed by atoms with Crippen LogP contribution in [0.25, 0.3) is 0 Å². The second-order valence-electron chi connectivity index (χ2n) is 6.97. The van der Waals surface area contributed by atoms with Gasteiger partial charge in [0.1, 0.15) is 0 Å². The van der Waals surface area contributed by atoms with Gasteiger partial charge in [0.15, 0.2) is 0 Å². The second kappa shape index (κ2) is 21.9. The zero-order chi connectivity index (χ0) is 18.6. The molecule has 0 aliphatic heterocycles. The molecule has 1 radical (unpaired) electrons. The van der Waals surface area contributed by atoms with Gasteiger partial charge in [-0.1, -0.05) is 76.9 Å². The van der Waals surface area contributed by atoms with E-state index < -0.39 is 10.1 Å². The summed E-state index contributed by atoms with van der Waals surface area (Å²) in [6.45, 7) is 3.43. The van der Waals surface area contributed by atoms with Crippen LogP contribution in [-0.2, 0) is 10.1 Å². The summed E-state index contributed by atoms with van der Waals surface area (Å²) >= 11 is 0. The molecule has 26 heavy (non-hydrogen) atoms. The molecule has 0 heterocycles. The van der Waals surface area contributed by atoms with Gasteiger partial charge in [0.25, 0.3) is 10.1 Å². The molecule has 4 nitrogen and oxygen atoms in total. The first-order valence-electron chi connectivity index (χ1n) is 10.4. The number of hydrogen-bond donors (Lipinski definition) is 2. The predicted octanol–water partition coefficient (Wildman–Crippen LogP) is 5.12. The van der Waals surface area contributed by atoms with Gasteiger partial charge in [0.05, 0.1) is 5.75 Å². The van der Waals surface area contributed by atoms with Crippen LogP contribution in [0.3, 0.4) is 0 Å². The van der Waals surface area contributed by atoms with Gasteiger partial charge in [0.2, 0.25) is 0 Å². The molecule has 0 spiro atoms. The summed E-state index contributed by atoms with van der Waals surface area (Å²) in [7, 11) is -3.82. The van der Waals surface area contributed by atoms with Crippen molar-refractivity contribution in [1.29, 1.82) is 0 Å². The second-order valence-corrected chi connectivity index (χ2v) is 8.55. The molecular weight excluding hydrogens is 357 g/mol. The SMILES string of the molecule is CCCCCCCCC=CCCCCCCCCNCCS(=O)(=O)O.[Na]. The van der Waals surface area contributed by atoms with Crippen LogP contribution < -0.4 is 5.32 Å². The van der Waals surface area contributed by atoms with E-state index in [-0.39, 0.29) is 35.3 Å². The fourth-order valence-corrected chi connectivity index (χ4v) is 3.23. The Balaban J connectivity index is 0. The van der Waals surface area contributed by atoms with Crippen LogP contribution in [-0.4, -0.2) is 61.4 Å². The van der Waals surface area contributed by atoms with E-state index in [1.165, 1.54) is 83.5 Å². The molecule has 0 aromatic rings. The molecule has 2 N–H and O–H groups in total.